The zero-order chi connectivity index (χ0) is 105. The molecule has 770 valence electrons. The van der Waals surface area contributed by atoms with Gasteiger partial charge in [-0.05, 0) is 181 Å². The van der Waals surface area contributed by atoms with Gasteiger partial charge in [-0.1, -0.05) is 251 Å². The molecule has 3 aliphatic heterocycles. The van der Waals surface area contributed by atoms with Gasteiger partial charge in [0.25, 0.3) is 0 Å². The number of benzene rings is 4. The molecule has 4 aromatic rings. The minimum absolute atomic E-state index is 0. The molecule has 2 amide bonds. The van der Waals surface area contributed by atoms with Gasteiger partial charge in [-0.3, -0.25) is 18.6 Å². The van der Waals surface area contributed by atoms with Crippen LogP contribution in [0, 0.1) is 60.2 Å². The number of carbonyl (C=O) groups excluding carboxylic acids is 2. The number of aliphatic hydroxyl groups is 1. The van der Waals surface area contributed by atoms with E-state index in [1.807, 2.05) is 202 Å². The maximum absolute atomic E-state index is 11.8. The predicted octanol–water partition coefficient (Wildman–Crippen LogP) is 18.1. The van der Waals surface area contributed by atoms with Gasteiger partial charge in [0.2, 0.25) is 11.8 Å². The Labute approximate surface area is 810 Å². The monoisotopic (exact) mass is 1970 g/mol. The summed E-state index contributed by atoms with van der Waals surface area (Å²) in [4.78, 5) is 119. The Morgan fingerprint density at radius 1 is 0.493 bits per heavy atom. The van der Waals surface area contributed by atoms with E-state index in [0.717, 1.165) is 59.6 Å². The highest BCUT2D eigenvalue weighted by molar-refractivity contribution is 8.00. The van der Waals surface area contributed by atoms with Crippen molar-refractivity contribution in [2.75, 3.05) is 49.8 Å². The van der Waals surface area contributed by atoms with Crippen molar-refractivity contribution in [2.45, 2.75) is 265 Å². The van der Waals surface area contributed by atoms with Crippen LogP contribution < -0.4 is 0 Å². The molecule has 2 saturated heterocycles. The molecule has 0 radical (unpaired) electrons. The first-order valence-electron chi connectivity index (χ1n) is 45.2. The number of carboxylic acid groups (broad SMARTS) is 9. The van der Waals surface area contributed by atoms with Gasteiger partial charge in [0.1, 0.15) is 33.6 Å². The molecule has 2 unspecified atom stereocenters. The quantitative estimate of drug-likeness (QED) is 0.0203. The van der Waals surface area contributed by atoms with Crippen LogP contribution in [-0.4, -0.2) is 232 Å². The van der Waals surface area contributed by atoms with Gasteiger partial charge in [0.15, 0.2) is 9.84 Å². The van der Waals surface area contributed by atoms with Gasteiger partial charge in [-0.15, -0.1) is 5.10 Å². The molecule has 0 aliphatic carbocycles. The third kappa shape index (κ3) is 75.5. The van der Waals surface area contributed by atoms with Gasteiger partial charge < -0.3 is 71.1 Å². The average molecular weight is 1970 g/mol. The second-order valence-electron chi connectivity index (χ2n) is 36.2. The summed E-state index contributed by atoms with van der Waals surface area (Å²) in [6.07, 6.45) is 18.9. The zero-order valence-corrected chi connectivity index (χ0v) is 87.1. The number of sulfone groups is 2. The Kier molecular flexibility index (Phi) is 75.4. The number of aryl methyl sites for hydroxylation is 1. The number of aliphatic hydroxyl groups excluding tert-OH is 1. The van der Waals surface area contributed by atoms with Crippen LogP contribution in [0.2, 0.25) is 0 Å². The summed E-state index contributed by atoms with van der Waals surface area (Å²) in [5, 5.41) is 93.8. The molecular weight excluding hydrogens is 1810 g/mol. The van der Waals surface area contributed by atoms with Crippen LogP contribution in [0.25, 0.3) is 0 Å². The molecular formula is C101H160N4O28S3. The van der Waals surface area contributed by atoms with Crippen LogP contribution in [-0.2, 0) is 73.6 Å². The van der Waals surface area contributed by atoms with Gasteiger partial charge >= 0.3 is 53.7 Å². The number of likely N-dealkylation sites (tertiary alicyclic amines) is 2. The molecule has 0 aromatic heterocycles. The topological polar surface area (TPSA) is 547 Å². The maximum atomic E-state index is 11.8. The maximum Gasteiger partial charge on any atom is 0.335 e. The van der Waals surface area contributed by atoms with E-state index in [1.54, 1.807) is 85.1 Å². The van der Waals surface area contributed by atoms with Gasteiger partial charge in [0.05, 0.1) is 50.0 Å². The Bertz CT molecular complexity index is 4590. The second kappa shape index (κ2) is 75.4. The zero-order valence-electron chi connectivity index (χ0n) is 84.6. The third-order valence-electron chi connectivity index (χ3n) is 17.9. The number of nitrogens with zero attached hydrogens (tertiary/aromatic N) is 4. The molecule has 35 heteroatoms. The summed E-state index contributed by atoms with van der Waals surface area (Å²) in [7, 11) is -6.69. The normalized spacial score (nSPS) is 14.3. The first kappa shape index (κ1) is 136. The van der Waals surface area contributed by atoms with Gasteiger partial charge in [0, 0.05) is 69.3 Å². The van der Waals surface area contributed by atoms with Crippen LogP contribution >= 0.6 is 0 Å². The van der Waals surface area contributed by atoms with E-state index < -0.39 is 102 Å². The highest BCUT2D eigenvalue weighted by Gasteiger charge is 2.38. The van der Waals surface area contributed by atoms with Crippen molar-refractivity contribution in [3.05, 3.63) is 185 Å². The summed E-state index contributed by atoms with van der Waals surface area (Å²) in [6, 6.07) is 26.6. The number of allylic oxidation sites excluding steroid dienone is 4. The molecule has 0 saturated carbocycles. The molecule has 4 aromatic carbocycles. The molecule has 3 aliphatic rings. The highest BCUT2D eigenvalue weighted by atomic mass is 32.2. The Morgan fingerprint density at radius 2 is 0.949 bits per heavy atom. The molecule has 2 fully saturated rings. The lowest BCUT2D eigenvalue weighted by Crippen LogP contribution is -2.39. The lowest BCUT2D eigenvalue weighted by molar-refractivity contribution is -0.146. The summed E-state index contributed by atoms with van der Waals surface area (Å²) >= 11 is 0. The molecule has 4 atom stereocenters. The Balaban J connectivity index is -0.000000341. The van der Waals surface area contributed by atoms with E-state index in [4.69, 9.17) is 50.7 Å². The minimum atomic E-state index is -3.07. The number of amides is 2. The standard InChI is InChI=1S/C12H18O2S.C11H17NO4.C11H17NO3.3C10H12O2.C7H12N2OS.C6H12O3.C6H14O2S.C6H12O2.2C6H10O2.H2O/c1-10(2)8-9-15(13,14)12-6-4-11(3)5-7-12;1-7(2)3-4-10(14)12-6-8(13)5-9(12)11(15)16;1-8(2)5-6-10(13)12-7-3-4-9(12)11(14)15;1-7(2)8-3-5-9(6-4-8)10(11)12;1-7(2)8-4-3-5-9(6-8)10(11)12;1-7(2)8-5-3-4-6-9(8)10(11)12;1-6(2)5-11(10)7-3-4-8-9-7;1-5(2)3-9-4-6(7)8;1-6(2)4-5-9(3,7)8;3*1-5(2)3-4-6(7)8;/h4-7,10H,8-9H2,1-3H3;3-4,7-9,13H,5-6H2,1-2H3,(H,15,16);5-6,8-9H,3-4,7H2,1-2H3,(H,14,15);3*3-7H,1-2H3,(H,11,12);4,6H,3,5H2,1-2H3;5H,3-4H2,1-2H3,(H,7,8);6H,4-5H2,1-3H3;5H,3-4H2,1-2H3,(H,7,8);2*3-5H,1-2H3,(H,7,8);1H2/b;4-3+;6-5+;;;;;;;;4-3+;4-3-;/t;8-,9?;9-;;;;;;;;;;/m.10........../s1. The number of aromatic carboxylic acids is 3. The van der Waals surface area contributed by atoms with E-state index in [9.17, 15) is 78.9 Å². The molecule has 3 heterocycles. The number of aliphatic carboxylic acids is 6. The number of ether oxygens (including phenoxy) is 1. The van der Waals surface area contributed by atoms with Crippen molar-refractivity contribution >= 4 is 107 Å². The summed E-state index contributed by atoms with van der Waals surface area (Å²) in [6.45, 7) is 50.9. The summed E-state index contributed by atoms with van der Waals surface area (Å²) in [5.74, 6) is -2.62. The molecule has 136 heavy (non-hydrogen) atoms. The van der Waals surface area contributed by atoms with Crippen LogP contribution in [0.4, 0.5) is 0 Å². The number of carboxylic acids is 9. The molecule has 12 N–H and O–H groups in total. The summed E-state index contributed by atoms with van der Waals surface area (Å²) < 4.78 is 60.9. The summed E-state index contributed by atoms with van der Waals surface area (Å²) in [5.41, 5.74) is 5.32. The van der Waals surface area contributed by atoms with E-state index in [1.165, 1.54) is 33.8 Å². The van der Waals surface area contributed by atoms with Crippen molar-refractivity contribution in [3.63, 3.8) is 0 Å². The fourth-order valence-corrected chi connectivity index (χ4v) is 14.1. The fourth-order valence-electron chi connectivity index (χ4n) is 10.4. The first-order chi connectivity index (χ1) is 62.3. The predicted molar refractivity (Wildman–Crippen MR) is 539 cm³/mol. The lowest BCUT2D eigenvalue weighted by Gasteiger charge is -2.19. The van der Waals surface area contributed by atoms with Crippen molar-refractivity contribution in [1.82, 2.24) is 9.80 Å². The first-order valence-corrected chi connectivity index (χ1v) is 50.2. The van der Waals surface area contributed by atoms with Crippen molar-refractivity contribution in [1.29, 1.82) is 0 Å². The molecule has 7 rings (SSSR count). The van der Waals surface area contributed by atoms with Crippen LogP contribution in [0.5, 0.6) is 0 Å². The van der Waals surface area contributed by atoms with E-state index in [2.05, 4.69) is 24.1 Å². The van der Waals surface area contributed by atoms with Crippen molar-refractivity contribution < 1.29 is 135 Å². The van der Waals surface area contributed by atoms with Crippen LogP contribution in [0.15, 0.2) is 161 Å². The average Bonchev–Trinajstić information content (AvgIpc) is 1.69. The van der Waals surface area contributed by atoms with Gasteiger partial charge in [-0.25, -0.2) is 55.2 Å². The Morgan fingerprint density at radius 3 is 1.29 bits per heavy atom. The lowest BCUT2D eigenvalue weighted by atomic mass is 9.97. The third-order valence-corrected chi connectivity index (χ3v) is 22.4. The number of β-amino-alcohol motifs (C(OH)–C–C–N with tert-alkyl or cyclic N) is 1. The number of hydrogen-bond donors (Lipinski definition) is 10. The Hall–Kier alpha value is -10.7. The number of rotatable bonds is 32. The minimum Gasteiger partial charge on any atom is -0.481 e. The second-order valence-corrected chi connectivity index (χ2v) is 42.1. The van der Waals surface area contributed by atoms with E-state index in [-0.39, 0.29) is 54.5 Å². The highest BCUT2D eigenvalue weighted by Crippen LogP contribution is 2.23. The molecule has 0 spiro atoms. The number of carbonyl (C=O) groups is 11. The van der Waals surface area contributed by atoms with Crippen molar-refractivity contribution in [2.24, 2.45) is 63.5 Å². The van der Waals surface area contributed by atoms with Crippen LogP contribution in [0.3, 0.4) is 0 Å². The molecule has 0 bridgehead atoms. The van der Waals surface area contributed by atoms with E-state index >= 15 is 0 Å². The fraction of sp³-hybridized carbons (Fsp3) is 0.554. The smallest absolute Gasteiger partial charge is 0.335 e. The SMILES string of the molecule is CC(C)/C=C/C(=O)N1CCC[C@H]1C(=O)O.CC(C)/C=C/C(=O)N1C[C@H](O)CC1C(=O)O.CC(C)/C=C/C(=O)O.CC(C)/C=C\C(=O)O.CC(C)CCC(=O)O.CC(C)CCS(C)(=O)=O.CC(C)COCC(=O)O.CC(C)CS(=O)C1=NN=CC1.CC(C)c1ccc(C(=O)O)cc1.CC(C)c1cccc(C(=O)O)c1.CC(C)c1ccccc1C(=O)O.Cc1ccc(S(=O)(=O)CCC(C)C)cc1.O. The molecule has 32 nitrogen and oxygen atoms in total. The van der Waals surface area contributed by atoms with Gasteiger partial charge in [-0.2, -0.15) is 5.10 Å². The van der Waals surface area contributed by atoms with E-state index in [0.29, 0.717) is 125 Å². The largest absolute Gasteiger partial charge is 0.481 e. The number of hydrogen-bond acceptors (Lipinski definition) is 20. The van der Waals surface area contributed by atoms with Crippen molar-refractivity contribution in [3.8, 4) is 0 Å². The van der Waals surface area contributed by atoms with Crippen LogP contribution in [0.1, 0.15) is 289 Å².